The molecule has 0 aromatic carbocycles. The molecule has 4 heterocycles. The number of rotatable bonds is 6. The Bertz CT molecular complexity index is 909. The molecule has 0 spiro atoms. The quantitative estimate of drug-likeness (QED) is 0.814. The van der Waals surface area contributed by atoms with Gasteiger partial charge >= 0.3 is 0 Å². The first-order valence-corrected chi connectivity index (χ1v) is 10.4. The maximum Gasteiger partial charge on any atom is 0.244 e. The number of aromatic nitrogens is 3. The molecule has 2 amide bonds. The zero-order valence-electron chi connectivity index (χ0n) is 17.4. The average molecular weight is 396 g/mol. The van der Waals surface area contributed by atoms with Crippen LogP contribution in [0, 0.1) is 19.3 Å². The summed E-state index contributed by atoms with van der Waals surface area (Å²) in [5.74, 6) is 0.124. The van der Waals surface area contributed by atoms with Crippen molar-refractivity contribution < 1.29 is 9.59 Å². The van der Waals surface area contributed by atoms with E-state index in [0.29, 0.717) is 6.54 Å². The summed E-state index contributed by atoms with van der Waals surface area (Å²) in [6.45, 7) is 6.67. The molecule has 2 aliphatic heterocycles. The Morgan fingerprint density at radius 1 is 1.31 bits per heavy atom. The summed E-state index contributed by atoms with van der Waals surface area (Å²) in [6.07, 6.45) is 6.84. The van der Waals surface area contributed by atoms with Crippen molar-refractivity contribution in [2.24, 2.45) is 5.41 Å². The highest BCUT2D eigenvalue weighted by atomic mass is 16.2. The molecule has 0 radical (unpaired) electrons. The molecule has 1 N–H and O–H groups in total. The Morgan fingerprint density at radius 2 is 2.14 bits per heavy atom. The van der Waals surface area contributed by atoms with Crippen molar-refractivity contribution in [1.29, 1.82) is 0 Å². The first-order valence-electron chi connectivity index (χ1n) is 10.4. The number of hydrogen-bond donors (Lipinski definition) is 1. The van der Waals surface area contributed by atoms with Gasteiger partial charge in [-0.15, -0.1) is 0 Å². The van der Waals surface area contributed by atoms with Gasteiger partial charge < -0.3 is 10.2 Å². The van der Waals surface area contributed by atoms with Gasteiger partial charge in [-0.05, 0) is 57.2 Å². The van der Waals surface area contributed by atoms with Crippen molar-refractivity contribution in [3.05, 3.63) is 47.5 Å². The topological polar surface area (TPSA) is 80.1 Å². The van der Waals surface area contributed by atoms with E-state index in [1.165, 1.54) is 0 Å². The number of pyridine rings is 1. The lowest BCUT2D eigenvalue weighted by Gasteiger charge is -2.35. The lowest BCUT2D eigenvalue weighted by Crippen LogP contribution is -2.49. The fraction of sp³-hybridized carbons (Fsp3) is 0.545. The zero-order chi connectivity index (χ0) is 20.6. The van der Waals surface area contributed by atoms with E-state index >= 15 is 0 Å². The minimum atomic E-state index is -0.504. The number of hydrogen-bond acceptors (Lipinski definition) is 4. The number of carbonyl (C=O) groups is 2. The van der Waals surface area contributed by atoms with Crippen LogP contribution in [0.2, 0.25) is 0 Å². The summed E-state index contributed by atoms with van der Waals surface area (Å²) < 4.78 is 1.77. The van der Waals surface area contributed by atoms with E-state index in [1.807, 2.05) is 36.9 Å². The molecule has 2 aromatic heterocycles. The zero-order valence-corrected chi connectivity index (χ0v) is 17.4. The molecule has 0 saturated carbocycles. The van der Waals surface area contributed by atoms with E-state index < -0.39 is 5.41 Å². The highest BCUT2D eigenvalue weighted by molar-refractivity contribution is 5.87. The Balaban J connectivity index is 1.49. The summed E-state index contributed by atoms with van der Waals surface area (Å²) in [7, 11) is 0. The molecule has 4 rings (SSSR count). The van der Waals surface area contributed by atoms with Crippen molar-refractivity contribution >= 4 is 11.8 Å². The fourth-order valence-electron chi connectivity index (χ4n) is 5.25. The number of fused-ring (bicyclic) bond motifs is 2. The van der Waals surface area contributed by atoms with Crippen LogP contribution in [-0.2, 0) is 22.7 Å². The molecule has 7 heteroatoms. The molecule has 2 saturated heterocycles. The Labute approximate surface area is 171 Å². The summed E-state index contributed by atoms with van der Waals surface area (Å²) in [6, 6.07) is 5.92. The van der Waals surface area contributed by atoms with Crippen molar-refractivity contribution in [3.8, 4) is 0 Å². The summed E-state index contributed by atoms with van der Waals surface area (Å²) >= 11 is 0. The Morgan fingerprint density at radius 3 is 2.79 bits per heavy atom. The average Bonchev–Trinajstić information content (AvgIpc) is 3.38. The number of aryl methyl sites for hydroxylation is 2. The smallest absolute Gasteiger partial charge is 0.244 e. The monoisotopic (exact) mass is 395 g/mol. The van der Waals surface area contributed by atoms with Gasteiger partial charge in [-0.1, -0.05) is 13.0 Å². The van der Waals surface area contributed by atoms with E-state index in [0.717, 1.165) is 42.6 Å². The Hall–Kier alpha value is -2.70. The van der Waals surface area contributed by atoms with Crippen molar-refractivity contribution in [2.75, 3.05) is 0 Å². The minimum Gasteiger partial charge on any atom is -0.351 e. The van der Waals surface area contributed by atoms with Gasteiger partial charge in [-0.3, -0.25) is 19.3 Å². The maximum absolute atomic E-state index is 13.3. The van der Waals surface area contributed by atoms with Crippen molar-refractivity contribution in [2.45, 2.75) is 71.6 Å². The largest absolute Gasteiger partial charge is 0.351 e. The van der Waals surface area contributed by atoms with Crippen LogP contribution in [0.1, 0.15) is 49.6 Å². The van der Waals surface area contributed by atoms with Gasteiger partial charge in [0.05, 0.1) is 11.1 Å². The SMILES string of the molecule is CC[C@]1(C(=O)NCc2cccnc2)C[C@H]2CC[C@@H]1N2C(=O)Cn1nc(C)cc1C. The molecule has 2 fully saturated rings. The van der Waals surface area contributed by atoms with Gasteiger partial charge in [-0.2, -0.15) is 5.10 Å². The minimum absolute atomic E-state index is 0.0316. The number of nitrogens with zero attached hydrogens (tertiary/aromatic N) is 4. The third-order valence-corrected chi connectivity index (χ3v) is 6.68. The molecule has 2 bridgehead atoms. The van der Waals surface area contributed by atoms with Gasteiger partial charge in [0.2, 0.25) is 11.8 Å². The van der Waals surface area contributed by atoms with E-state index in [-0.39, 0.29) is 30.4 Å². The number of nitrogens with one attached hydrogen (secondary N) is 1. The van der Waals surface area contributed by atoms with E-state index in [4.69, 9.17) is 0 Å². The van der Waals surface area contributed by atoms with Crippen LogP contribution in [0.5, 0.6) is 0 Å². The number of amides is 2. The molecule has 154 valence electrons. The van der Waals surface area contributed by atoms with E-state index in [9.17, 15) is 9.59 Å². The van der Waals surface area contributed by atoms with Crippen molar-refractivity contribution in [1.82, 2.24) is 25.0 Å². The molecule has 3 atom stereocenters. The molecule has 7 nitrogen and oxygen atoms in total. The van der Waals surface area contributed by atoms with Gasteiger partial charge in [-0.25, -0.2) is 0 Å². The van der Waals surface area contributed by atoms with Gasteiger partial charge in [0, 0.05) is 36.7 Å². The molecular formula is C22H29N5O2. The van der Waals surface area contributed by atoms with Gasteiger partial charge in [0.25, 0.3) is 0 Å². The normalized spacial score (nSPS) is 25.4. The second-order valence-corrected chi connectivity index (χ2v) is 8.39. The standard InChI is InChI=1S/C22H29N5O2/c1-4-22(21(29)24-13-17-6-5-9-23-12-17)11-18-7-8-19(22)27(18)20(28)14-26-16(3)10-15(2)25-26/h5-6,9-10,12,18-19H,4,7-8,11,13-14H2,1-3H3,(H,24,29)/t18-,19+,22+/m1/s1. The third-order valence-electron chi connectivity index (χ3n) is 6.68. The van der Waals surface area contributed by atoms with Crippen molar-refractivity contribution in [3.63, 3.8) is 0 Å². The molecule has 2 aromatic rings. The lowest BCUT2D eigenvalue weighted by molar-refractivity contribution is -0.137. The van der Waals surface area contributed by atoms with Crippen LogP contribution in [0.15, 0.2) is 30.6 Å². The molecule has 29 heavy (non-hydrogen) atoms. The first kappa shape index (κ1) is 19.6. The van der Waals surface area contributed by atoms with E-state index in [2.05, 4.69) is 22.3 Å². The molecule has 2 aliphatic rings. The molecule has 0 unspecified atom stereocenters. The second kappa shape index (κ2) is 7.61. The van der Waals surface area contributed by atoms with Crippen LogP contribution >= 0.6 is 0 Å². The van der Waals surface area contributed by atoms with E-state index in [1.54, 1.807) is 17.1 Å². The van der Waals surface area contributed by atoms with Crippen LogP contribution in [0.3, 0.4) is 0 Å². The molecular weight excluding hydrogens is 366 g/mol. The predicted octanol–water partition coefficient (Wildman–Crippen LogP) is 2.37. The third kappa shape index (κ3) is 3.43. The van der Waals surface area contributed by atoms with Crippen LogP contribution < -0.4 is 5.32 Å². The summed E-state index contributed by atoms with van der Waals surface area (Å²) in [4.78, 5) is 32.5. The number of carbonyl (C=O) groups excluding carboxylic acids is 2. The second-order valence-electron chi connectivity index (χ2n) is 8.39. The highest BCUT2D eigenvalue weighted by Crippen LogP contribution is 2.52. The summed E-state index contributed by atoms with van der Waals surface area (Å²) in [5, 5.41) is 7.54. The lowest BCUT2D eigenvalue weighted by atomic mass is 9.71. The predicted molar refractivity (Wildman–Crippen MR) is 109 cm³/mol. The molecule has 0 aliphatic carbocycles. The highest BCUT2D eigenvalue weighted by Gasteiger charge is 2.60. The maximum atomic E-state index is 13.3. The van der Waals surface area contributed by atoms with Gasteiger partial charge in [0.1, 0.15) is 6.54 Å². The van der Waals surface area contributed by atoms with Crippen LogP contribution in [0.4, 0.5) is 0 Å². The first-order chi connectivity index (χ1) is 13.9. The Kier molecular flexibility index (Phi) is 5.15. The van der Waals surface area contributed by atoms with Crippen LogP contribution in [0.25, 0.3) is 0 Å². The summed E-state index contributed by atoms with van der Waals surface area (Å²) in [5.41, 5.74) is 2.37. The van der Waals surface area contributed by atoms with Crippen LogP contribution in [-0.4, -0.2) is 43.6 Å². The van der Waals surface area contributed by atoms with Gasteiger partial charge in [0.15, 0.2) is 0 Å². The fourth-order valence-corrected chi connectivity index (χ4v) is 5.25.